The predicted octanol–water partition coefficient (Wildman–Crippen LogP) is 7.15. The molecule has 0 aromatic heterocycles. The Hall–Kier alpha value is -3.78. The van der Waals surface area contributed by atoms with Gasteiger partial charge in [0, 0.05) is 11.1 Å². The van der Waals surface area contributed by atoms with Gasteiger partial charge in [0.15, 0.2) is 0 Å². The van der Waals surface area contributed by atoms with Crippen LogP contribution in [0.5, 0.6) is 11.5 Å². The van der Waals surface area contributed by atoms with E-state index in [9.17, 15) is 0 Å². The Morgan fingerprint density at radius 3 is 1.00 bits per heavy atom. The molecule has 0 amide bonds. The molecule has 0 heterocycles. The standard InChI is InChI=1S/C28H22O2/c1-3-11-21(12-4-1)29-19-27-23-15-7-9-17-25(23)28(26-18-10-8-16-24(26)27)20-30-22-13-5-2-6-14-22/h1-18H,19-20H2. The van der Waals surface area contributed by atoms with Crippen LogP contribution in [0.2, 0.25) is 0 Å². The fourth-order valence-corrected chi connectivity index (χ4v) is 3.96. The summed E-state index contributed by atoms with van der Waals surface area (Å²) in [6.07, 6.45) is 0. The molecule has 5 aromatic rings. The highest BCUT2D eigenvalue weighted by molar-refractivity contribution is 6.05. The molecule has 0 aliphatic heterocycles. The summed E-state index contributed by atoms with van der Waals surface area (Å²) in [7, 11) is 0. The fourth-order valence-electron chi connectivity index (χ4n) is 3.96. The van der Waals surface area contributed by atoms with Crippen molar-refractivity contribution in [1.29, 1.82) is 0 Å². The van der Waals surface area contributed by atoms with Gasteiger partial charge < -0.3 is 9.47 Å². The van der Waals surface area contributed by atoms with Gasteiger partial charge in [-0.2, -0.15) is 0 Å². The summed E-state index contributed by atoms with van der Waals surface area (Å²) in [5, 5.41) is 4.83. The third-order valence-electron chi connectivity index (χ3n) is 5.41. The first-order valence-electron chi connectivity index (χ1n) is 10.2. The highest BCUT2D eigenvalue weighted by atomic mass is 16.5. The zero-order chi connectivity index (χ0) is 20.2. The van der Waals surface area contributed by atoms with Gasteiger partial charge in [-0.05, 0) is 45.8 Å². The van der Waals surface area contributed by atoms with Crippen molar-refractivity contribution in [3.8, 4) is 11.5 Å². The molecule has 30 heavy (non-hydrogen) atoms. The Morgan fingerprint density at radius 2 is 0.667 bits per heavy atom. The van der Waals surface area contributed by atoms with Crippen molar-refractivity contribution >= 4 is 21.5 Å². The van der Waals surface area contributed by atoms with E-state index in [-0.39, 0.29) is 0 Å². The van der Waals surface area contributed by atoms with E-state index in [1.54, 1.807) is 0 Å². The molecule has 0 radical (unpaired) electrons. The van der Waals surface area contributed by atoms with Crippen LogP contribution in [-0.4, -0.2) is 0 Å². The summed E-state index contributed by atoms with van der Waals surface area (Å²) in [6.45, 7) is 1.04. The van der Waals surface area contributed by atoms with E-state index >= 15 is 0 Å². The van der Waals surface area contributed by atoms with Crippen LogP contribution in [0, 0.1) is 0 Å². The van der Waals surface area contributed by atoms with Crippen LogP contribution >= 0.6 is 0 Å². The first-order valence-corrected chi connectivity index (χ1v) is 10.2. The lowest BCUT2D eigenvalue weighted by Crippen LogP contribution is -2.03. The third-order valence-corrected chi connectivity index (χ3v) is 5.41. The first kappa shape index (κ1) is 18.3. The quantitative estimate of drug-likeness (QED) is 0.287. The summed E-state index contributed by atoms with van der Waals surface area (Å²) >= 11 is 0. The van der Waals surface area contributed by atoms with E-state index in [0.29, 0.717) is 13.2 Å². The lowest BCUT2D eigenvalue weighted by atomic mass is 9.92. The van der Waals surface area contributed by atoms with Gasteiger partial charge in [0.2, 0.25) is 0 Å². The molecular formula is C28H22O2. The molecule has 0 aliphatic carbocycles. The molecule has 146 valence electrons. The van der Waals surface area contributed by atoms with Gasteiger partial charge in [-0.1, -0.05) is 84.9 Å². The zero-order valence-electron chi connectivity index (χ0n) is 16.6. The Labute approximate surface area is 176 Å². The SMILES string of the molecule is c1ccc(OCc2c3ccccc3c(COc3ccccc3)c3ccccc23)cc1. The third kappa shape index (κ3) is 3.60. The van der Waals surface area contributed by atoms with E-state index in [1.165, 1.54) is 32.7 Å². The number of para-hydroxylation sites is 2. The lowest BCUT2D eigenvalue weighted by molar-refractivity contribution is 0.307. The van der Waals surface area contributed by atoms with Gasteiger partial charge in [-0.15, -0.1) is 0 Å². The number of rotatable bonds is 6. The largest absolute Gasteiger partial charge is 0.489 e. The van der Waals surface area contributed by atoms with Crippen LogP contribution in [0.3, 0.4) is 0 Å². The average molecular weight is 390 g/mol. The monoisotopic (exact) mass is 390 g/mol. The van der Waals surface area contributed by atoms with E-state index < -0.39 is 0 Å². The van der Waals surface area contributed by atoms with Crippen molar-refractivity contribution in [3.05, 3.63) is 120 Å². The molecule has 2 nitrogen and oxygen atoms in total. The number of hydrogen-bond donors (Lipinski definition) is 0. The fraction of sp³-hybridized carbons (Fsp3) is 0.0714. The second-order valence-corrected chi connectivity index (χ2v) is 7.25. The minimum atomic E-state index is 0.519. The van der Waals surface area contributed by atoms with Gasteiger partial charge in [-0.3, -0.25) is 0 Å². The molecular weight excluding hydrogens is 368 g/mol. The normalized spacial score (nSPS) is 10.9. The van der Waals surface area contributed by atoms with Crippen molar-refractivity contribution in [2.45, 2.75) is 13.2 Å². The maximum Gasteiger partial charge on any atom is 0.119 e. The number of fused-ring (bicyclic) bond motifs is 2. The molecule has 0 saturated carbocycles. The van der Waals surface area contributed by atoms with Crippen LogP contribution in [0.1, 0.15) is 11.1 Å². The number of ether oxygens (including phenoxy) is 2. The van der Waals surface area contributed by atoms with Crippen LogP contribution in [0.15, 0.2) is 109 Å². The summed E-state index contributed by atoms with van der Waals surface area (Å²) in [5.74, 6) is 1.75. The molecule has 0 atom stereocenters. The average Bonchev–Trinajstić information content (AvgIpc) is 2.82. The van der Waals surface area contributed by atoms with Crippen molar-refractivity contribution in [2.24, 2.45) is 0 Å². The predicted molar refractivity (Wildman–Crippen MR) is 123 cm³/mol. The molecule has 0 N–H and O–H groups in total. The van der Waals surface area contributed by atoms with Crippen molar-refractivity contribution in [1.82, 2.24) is 0 Å². The Kier molecular flexibility index (Phi) is 5.05. The molecule has 0 unspecified atom stereocenters. The van der Waals surface area contributed by atoms with Gasteiger partial charge in [0.1, 0.15) is 24.7 Å². The van der Waals surface area contributed by atoms with Crippen LogP contribution in [0.25, 0.3) is 21.5 Å². The smallest absolute Gasteiger partial charge is 0.119 e. The van der Waals surface area contributed by atoms with Gasteiger partial charge in [-0.25, -0.2) is 0 Å². The van der Waals surface area contributed by atoms with E-state index in [1.807, 2.05) is 60.7 Å². The highest BCUT2D eigenvalue weighted by Crippen LogP contribution is 2.34. The first-order chi connectivity index (χ1) is 14.9. The van der Waals surface area contributed by atoms with E-state index in [2.05, 4.69) is 48.5 Å². The summed E-state index contributed by atoms with van der Waals surface area (Å²) in [4.78, 5) is 0. The van der Waals surface area contributed by atoms with Crippen LogP contribution < -0.4 is 9.47 Å². The van der Waals surface area contributed by atoms with Gasteiger partial charge in [0.05, 0.1) is 0 Å². The lowest BCUT2D eigenvalue weighted by Gasteiger charge is -2.18. The molecule has 0 aliphatic rings. The highest BCUT2D eigenvalue weighted by Gasteiger charge is 2.14. The van der Waals surface area contributed by atoms with E-state index in [4.69, 9.17) is 9.47 Å². The van der Waals surface area contributed by atoms with Crippen molar-refractivity contribution in [2.75, 3.05) is 0 Å². The van der Waals surface area contributed by atoms with Gasteiger partial charge >= 0.3 is 0 Å². The summed E-state index contributed by atoms with van der Waals surface area (Å²) in [5.41, 5.74) is 2.40. The number of hydrogen-bond acceptors (Lipinski definition) is 2. The number of benzene rings is 5. The molecule has 0 fully saturated rings. The maximum absolute atomic E-state index is 6.15. The minimum Gasteiger partial charge on any atom is -0.489 e. The van der Waals surface area contributed by atoms with Crippen LogP contribution in [-0.2, 0) is 13.2 Å². The molecule has 5 aromatic carbocycles. The minimum absolute atomic E-state index is 0.519. The zero-order valence-corrected chi connectivity index (χ0v) is 16.6. The maximum atomic E-state index is 6.15. The molecule has 0 spiro atoms. The molecule has 0 bridgehead atoms. The topological polar surface area (TPSA) is 18.5 Å². The molecule has 2 heteroatoms. The van der Waals surface area contributed by atoms with Crippen LogP contribution in [0.4, 0.5) is 0 Å². The Morgan fingerprint density at radius 1 is 0.367 bits per heavy atom. The molecule has 5 rings (SSSR count). The molecule has 0 saturated heterocycles. The Balaban J connectivity index is 1.60. The second kappa shape index (κ2) is 8.30. The Bertz CT molecular complexity index is 1120. The second-order valence-electron chi connectivity index (χ2n) is 7.25. The summed E-state index contributed by atoms with van der Waals surface area (Å²) < 4.78 is 12.3. The van der Waals surface area contributed by atoms with Crippen molar-refractivity contribution in [3.63, 3.8) is 0 Å². The van der Waals surface area contributed by atoms with E-state index in [0.717, 1.165) is 11.5 Å². The van der Waals surface area contributed by atoms with Gasteiger partial charge in [0.25, 0.3) is 0 Å². The summed E-state index contributed by atoms with van der Waals surface area (Å²) in [6, 6.07) is 37.0. The van der Waals surface area contributed by atoms with Crippen molar-refractivity contribution < 1.29 is 9.47 Å².